The molecule has 0 bridgehead atoms. The Labute approximate surface area is 123 Å². The fourth-order valence-corrected chi connectivity index (χ4v) is 1.72. The van der Waals surface area contributed by atoms with Crippen molar-refractivity contribution in [2.45, 2.75) is 26.4 Å². The summed E-state index contributed by atoms with van der Waals surface area (Å²) in [5.74, 6) is -0.267. The third-order valence-corrected chi connectivity index (χ3v) is 2.62. The number of ether oxygens (including phenoxy) is 2. The Morgan fingerprint density at radius 3 is 2.65 bits per heavy atom. The highest BCUT2D eigenvalue weighted by molar-refractivity contribution is 6.31. The Hall–Kier alpha value is -1.75. The van der Waals surface area contributed by atoms with E-state index in [9.17, 15) is 9.59 Å². The van der Waals surface area contributed by atoms with Crippen molar-refractivity contribution in [2.75, 3.05) is 13.7 Å². The number of rotatable bonds is 6. The minimum Gasteiger partial charge on any atom is -0.496 e. The first-order valence-corrected chi connectivity index (χ1v) is 6.63. The monoisotopic (exact) mass is 299 g/mol. The molecule has 0 atom stereocenters. The van der Waals surface area contributed by atoms with E-state index in [0.717, 1.165) is 0 Å². The first-order valence-electron chi connectivity index (χ1n) is 6.25. The van der Waals surface area contributed by atoms with E-state index in [-0.39, 0.29) is 30.9 Å². The number of halogens is 1. The second-order valence-electron chi connectivity index (χ2n) is 4.39. The van der Waals surface area contributed by atoms with E-state index < -0.39 is 0 Å². The van der Waals surface area contributed by atoms with Crippen LogP contribution in [-0.4, -0.2) is 31.6 Å². The molecule has 0 radical (unpaired) electrons. The maximum atomic E-state index is 12.0. The van der Waals surface area contributed by atoms with Crippen LogP contribution in [-0.2, 0) is 9.53 Å². The molecule has 20 heavy (non-hydrogen) atoms. The highest BCUT2D eigenvalue weighted by Crippen LogP contribution is 2.22. The van der Waals surface area contributed by atoms with Gasteiger partial charge in [-0.15, -0.1) is 0 Å². The van der Waals surface area contributed by atoms with Crippen molar-refractivity contribution in [3.8, 4) is 5.75 Å². The fourth-order valence-electron chi connectivity index (χ4n) is 1.55. The quantitative estimate of drug-likeness (QED) is 0.819. The molecule has 5 nitrogen and oxygen atoms in total. The van der Waals surface area contributed by atoms with Gasteiger partial charge in [0.05, 0.1) is 25.2 Å². The van der Waals surface area contributed by atoms with Gasteiger partial charge in [0, 0.05) is 11.6 Å². The Kier molecular flexibility index (Phi) is 6.31. The number of carbonyl (C=O) groups excluding carboxylic acids is 2. The number of hydrogen-bond donors (Lipinski definition) is 1. The summed E-state index contributed by atoms with van der Waals surface area (Å²) < 4.78 is 10.1. The molecular formula is C14H18ClNO4. The van der Waals surface area contributed by atoms with Crippen LogP contribution in [0.4, 0.5) is 0 Å². The lowest BCUT2D eigenvalue weighted by atomic mass is 10.2. The van der Waals surface area contributed by atoms with E-state index in [1.54, 1.807) is 26.0 Å². The van der Waals surface area contributed by atoms with Crippen LogP contribution in [0, 0.1) is 0 Å². The van der Waals surface area contributed by atoms with Crippen molar-refractivity contribution in [3.63, 3.8) is 0 Å². The van der Waals surface area contributed by atoms with Crippen LogP contribution in [0.1, 0.15) is 30.6 Å². The van der Waals surface area contributed by atoms with Crippen molar-refractivity contribution in [1.82, 2.24) is 5.32 Å². The summed E-state index contributed by atoms with van der Waals surface area (Å²) in [6.07, 6.45) is -0.0430. The van der Waals surface area contributed by atoms with Crippen LogP contribution in [0.15, 0.2) is 18.2 Å². The van der Waals surface area contributed by atoms with Gasteiger partial charge in [0.1, 0.15) is 5.75 Å². The summed E-state index contributed by atoms with van der Waals surface area (Å²) in [5.41, 5.74) is 0.331. The molecule has 0 fully saturated rings. The molecule has 0 spiro atoms. The van der Waals surface area contributed by atoms with Crippen LogP contribution in [0.2, 0.25) is 5.02 Å². The molecule has 0 aliphatic carbocycles. The van der Waals surface area contributed by atoms with E-state index >= 15 is 0 Å². The van der Waals surface area contributed by atoms with Gasteiger partial charge in [0.2, 0.25) is 0 Å². The van der Waals surface area contributed by atoms with Crippen LogP contribution in [0.25, 0.3) is 0 Å². The van der Waals surface area contributed by atoms with Crippen molar-refractivity contribution < 1.29 is 19.1 Å². The van der Waals surface area contributed by atoms with Crippen molar-refractivity contribution in [2.24, 2.45) is 0 Å². The van der Waals surface area contributed by atoms with Crippen LogP contribution >= 0.6 is 11.6 Å². The zero-order chi connectivity index (χ0) is 15.1. The topological polar surface area (TPSA) is 64.6 Å². The highest BCUT2D eigenvalue weighted by atomic mass is 35.5. The molecule has 0 heterocycles. The van der Waals surface area contributed by atoms with E-state index in [1.807, 2.05) is 0 Å². The number of esters is 1. The lowest BCUT2D eigenvalue weighted by Gasteiger charge is -2.10. The SMILES string of the molecule is COc1ccc(Cl)cc1C(=O)NCCC(=O)OC(C)C. The lowest BCUT2D eigenvalue weighted by Crippen LogP contribution is -2.27. The molecule has 1 rings (SSSR count). The third-order valence-electron chi connectivity index (χ3n) is 2.39. The van der Waals surface area contributed by atoms with Gasteiger partial charge in [-0.2, -0.15) is 0 Å². The average molecular weight is 300 g/mol. The summed E-state index contributed by atoms with van der Waals surface area (Å²) in [6.45, 7) is 3.74. The Morgan fingerprint density at radius 1 is 1.35 bits per heavy atom. The maximum Gasteiger partial charge on any atom is 0.307 e. The highest BCUT2D eigenvalue weighted by Gasteiger charge is 2.13. The van der Waals surface area contributed by atoms with Crippen molar-refractivity contribution in [1.29, 1.82) is 0 Å². The summed E-state index contributed by atoms with van der Waals surface area (Å²) in [4.78, 5) is 23.3. The summed E-state index contributed by atoms with van der Waals surface area (Å²) in [6, 6.07) is 4.77. The molecule has 0 unspecified atom stereocenters. The number of amides is 1. The van der Waals surface area contributed by atoms with Crippen LogP contribution in [0.5, 0.6) is 5.75 Å². The van der Waals surface area contributed by atoms with Crippen molar-refractivity contribution >= 4 is 23.5 Å². The standard InChI is InChI=1S/C14H18ClNO4/c1-9(2)20-13(17)6-7-16-14(18)11-8-10(15)4-5-12(11)19-3/h4-5,8-9H,6-7H2,1-3H3,(H,16,18). The first-order chi connectivity index (χ1) is 9.43. The molecule has 1 aromatic carbocycles. The number of hydrogen-bond acceptors (Lipinski definition) is 4. The molecule has 0 aliphatic heterocycles. The summed E-state index contributed by atoms with van der Waals surface area (Å²) in [7, 11) is 1.47. The molecule has 1 amide bonds. The number of benzene rings is 1. The second kappa shape index (κ2) is 7.75. The van der Waals surface area contributed by atoms with Crippen LogP contribution in [0.3, 0.4) is 0 Å². The maximum absolute atomic E-state index is 12.0. The summed E-state index contributed by atoms with van der Waals surface area (Å²) >= 11 is 5.85. The molecule has 0 saturated heterocycles. The second-order valence-corrected chi connectivity index (χ2v) is 4.83. The van der Waals surface area contributed by atoms with Crippen LogP contribution < -0.4 is 10.1 Å². The third kappa shape index (κ3) is 5.09. The Bertz CT molecular complexity index is 488. The number of methoxy groups -OCH3 is 1. The van der Waals surface area contributed by atoms with Gasteiger partial charge >= 0.3 is 5.97 Å². The summed E-state index contributed by atoms with van der Waals surface area (Å²) in [5, 5.41) is 3.07. The molecule has 1 N–H and O–H groups in total. The van der Waals surface area contributed by atoms with Gasteiger partial charge < -0.3 is 14.8 Å². The fraction of sp³-hybridized carbons (Fsp3) is 0.429. The van der Waals surface area contributed by atoms with E-state index in [0.29, 0.717) is 16.3 Å². The molecule has 0 saturated carbocycles. The van der Waals surface area contributed by atoms with E-state index in [1.165, 1.54) is 13.2 Å². The molecule has 0 aliphatic rings. The largest absolute Gasteiger partial charge is 0.496 e. The molecule has 1 aromatic rings. The smallest absolute Gasteiger partial charge is 0.307 e. The molecule has 0 aromatic heterocycles. The lowest BCUT2D eigenvalue weighted by molar-refractivity contribution is -0.147. The predicted molar refractivity (Wildman–Crippen MR) is 76.2 cm³/mol. The van der Waals surface area contributed by atoms with Gasteiger partial charge in [0.25, 0.3) is 5.91 Å². The molecule has 110 valence electrons. The van der Waals surface area contributed by atoms with Gasteiger partial charge in [0.15, 0.2) is 0 Å². The Balaban J connectivity index is 2.55. The molecular weight excluding hydrogens is 282 g/mol. The normalized spacial score (nSPS) is 10.2. The molecule has 6 heteroatoms. The predicted octanol–water partition coefficient (Wildman–Crippen LogP) is 2.42. The minimum atomic E-state index is -0.349. The van der Waals surface area contributed by atoms with Crippen molar-refractivity contribution in [3.05, 3.63) is 28.8 Å². The average Bonchev–Trinajstić information content (AvgIpc) is 2.37. The minimum absolute atomic E-state index is 0.118. The van der Waals surface area contributed by atoms with Gasteiger partial charge in [-0.3, -0.25) is 9.59 Å². The van der Waals surface area contributed by atoms with Gasteiger partial charge in [-0.05, 0) is 32.0 Å². The van der Waals surface area contributed by atoms with Gasteiger partial charge in [-0.1, -0.05) is 11.6 Å². The zero-order valence-corrected chi connectivity index (χ0v) is 12.5. The van der Waals surface area contributed by atoms with E-state index in [4.69, 9.17) is 21.1 Å². The first kappa shape index (κ1) is 16.3. The Morgan fingerprint density at radius 2 is 2.05 bits per heavy atom. The zero-order valence-electron chi connectivity index (χ0n) is 11.7. The van der Waals surface area contributed by atoms with Gasteiger partial charge in [-0.25, -0.2) is 0 Å². The van der Waals surface area contributed by atoms with E-state index in [2.05, 4.69) is 5.32 Å². The number of carbonyl (C=O) groups is 2. The number of nitrogens with one attached hydrogen (secondary N) is 1.